The van der Waals surface area contributed by atoms with Crippen LogP contribution in [0.5, 0.6) is 5.75 Å². The number of hydrogen-bond donors (Lipinski definition) is 0. The second kappa shape index (κ2) is 9.39. The first-order valence-corrected chi connectivity index (χ1v) is 5.45. The van der Waals surface area contributed by atoms with Gasteiger partial charge in [-0.1, -0.05) is 12.1 Å². The van der Waals surface area contributed by atoms with Crippen molar-refractivity contribution < 1.29 is 73.8 Å². The molecule has 0 saturated carbocycles. The van der Waals surface area contributed by atoms with Gasteiger partial charge in [-0.25, -0.2) is 0 Å². The third kappa shape index (κ3) is 7.16. The van der Waals surface area contributed by atoms with Crippen molar-refractivity contribution >= 4 is 12.4 Å². The molecule has 7 heteroatoms. The van der Waals surface area contributed by atoms with Crippen molar-refractivity contribution in [3.63, 3.8) is 0 Å². The SMILES string of the molecule is COCCCCOc1cccc([B-](F)(F)F)c1.[K+]. The van der Waals surface area contributed by atoms with Gasteiger partial charge < -0.3 is 22.4 Å². The van der Waals surface area contributed by atoms with Gasteiger partial charge >= 0.3 is 58.4 Å². The fourth-order valence-corrected chi connectivity index (χ4v) is 1.35. The maximum absolute atomic E-state index is 12.4. The van der Waals surface area contributed by atoms with E-state index in [-0.39, 0.29) is 57.1 Å². The van der Waals surface area contributed by atoms with Gasteiger partial charge in [0.25, 0.3) is 0 Å². The molecule has 0 N–H and O–H groups in total. The Kier molecular flexibility index (Phi) is 9.63. The van der Waals surface area contributed by atoms with E-state index in [1.807, 2.05) is 0 Å². The smallest absolute Gasteiger partial charge is 0.494 e. The van der Waals surface area contributed by atoms with Crippen LogP contribution in [0.4, 0.5) is 12.9 Å². The Morgan fingerprint density at radius 2 is 1.78 bits per heavy atom. The fraction of sp³-hybridized carbons (Fsp3) is 0.455. The Morgan fingerprint density at radius 3 is 2.39 bits per heavy atom. The van der Waals surface area contributed by atoms with Crippen LogP contribution in [0.3, 0.4) is 0 Å². The summed E-state index contributed by atoms with van der Waals surface area (Å²) >= 11 is 0. The van der Waals surface area contributed by atoms with Crippen LogP contribution in [0.2, 0.25) is 0 Å². The van der Waals surface area contributed by atoms with Crippen molar-refractivity contribution in [3.05, 3.63) is 24.3 Å². The molecule has 0 unspecified atom stereocenters. The van der Waals surface area contributed by atoms with Crippen LogP contribution in [0.15, 0.2) is 24.3 Å². The molecule has 0 radical (unpaired) electrons. The van der Waals surface area contributed by atoms with Gasteiger partial charge in [0.05, 0.1) is 6.61 Å². The van der Waals surface area contributed by atoms with Gasteiger partial charge in [-0.2, -0.15) is 0 Å². The molecule has 0 aromatic heterocycles. The first-order valence-electron chi connectivity index (χ1n) is 5.45. The monoisotopic (exact) mass is 286 g/mol. The Labute approximate surface area is 148 Å². The fourth-order valence-electron chi connectivity index (χ4n) is 1.35. The molecule has 1 aromatic rings. The normalized spacial score (nSPS) is 10.9. The molecule has 0 aliphatic carbocycles. The van der Waals surface area contributed by atoms with Crippen molar-refractivity contribution in [3.8, 4) is 5.75 Å². The quantitative estimate of drug-likeness (QED) is 0.499. The molecule has 0 atom stereocenters. The molecule has 1 aromatic carbocycles. The minimum atomic E-state index is -4.95. The number of methoxy groups -OCH3 is 1. The van der Waals surface area contributed by atoms with Crippen molar-refractivity contribution in [2.24, 2.45) is 0 Å². The van der Waals surface area contributed by atoms with Gasteiger partial charge in [-0.05, 0) is 25.0 Å². The average Bonchev–Trinajstić information content (AvgIpc) is 2.28. The Hall–Kier alpha value is 0.471. The molecule has 96 valence electrons. The Morgan fingerprint density at radius 1 is 1.11 bits per heavy atom. The number of unbranched alkanes of at least 4 members (excludes halogenated alkanes) is 1. The molecule has 2 nitrogen and oxygen atoms in total. The number of ether oxygens (including phenoxy) is 2. The molecule has 18 heavy (non-hydrogen) atoms. The minimum absolute atomic E-state index is 0. The third-order valence-corrected chi connectivity index (χ3v) is 2.25. The molecule has 0 spiro atoms. The third-order valence-electron chi connectivity index (χ3n) is 2.25. The summed E-state index contributed by atoms with van der Waals surface area (Å²) in [7, 11) is 1.61. The van der Waals surface area contributed by atoms with Gasteiger partial charge in [0.2, 0.25) is 0 Å². The molecular formula is C11H15BF3KO2. The predicted octanol–water partition coefficient (Wildman–Crippen LogP) is -0.450. The van der Waals surface area contributed by atoms with Gasteiger partial charge in [0, 0.05) is 13.7 Å². The zero-order chi connectivity index (χ0) is 12.7. The van der Waals surface area contributed by atoms with Crippen LogP contribution in [-0.4, -0.2) is 27.3 Å². The largest absolute Gasteiger partial charge is 1.00 e. The maximum atomic E-state index is 12.4. The molecule has 0 fully saturated rings. The van der Waals surface area contributed by atoms with E-state index < -0.39 is 12.4 Å². The zero-order valence-corrected chi connectivity index (χ0v) is 13.8. The zero-order valence-electron chi connectivity index (χ0n) is 10.7. The molecule has 0 amide bonds. The number of benzene rings is 1. The molecule has 0 heterocycles. The van der Waals surface area contributed by atoms with Gasteiger partial charge in [0.15, 0.2) is 0 Å². The average molecular weight is 286 g/mol. The van der Waals surface area contributed by atoms with Gasteiger partial charge in [0.1, 0.15) is 5.75 Å². The van der Waals surface area contributed by atoms with Crippen LogP contribution in [0, 0.1) is 0 Å². The summed E-state index contributed by atoms with van der Waals surface area (Å²) in [5.74, 6) is 0.263. The van der Waals surface area contributed by atoms with Crippen molar-refractivity contribution in [1.82, 2.24) is 0 Å². The van der Waals surface area contributed by atoms with Crippen LogP contribution < -0.4 is 61.6 Å². The second-order valence-corrected chi connectivity index (χ2v) is 3.70. The van der Waals surface area contributed by atoms with E-state index in [0.29, 0.717) is 13.2 Å². The van der Waals surface area contributed by atoms with Gasteiger partial charge in [-0.15, -0.1) is 5.46 Å². The number of hydrogen-bond acceptors (Lipinski definition) is 2. The second-order valence-electron chi connectivity index (χ2n) is 3.70. The summed E-state index contributed by atoms with van der Waals surface area (Å²) in [6.07, 6.45) is 1.59. The van der Waals surface area contributed by atoms with Crippen LogP contribution in [-0.2, 0) is 4.74 Å². The molecule has 0 aliphatic rings. The number of halogens is 3. The number of rotatable bonds is 7. The van der Waals surface area contributed by atoms with E-state index in [2.05, 4.69) is 0 Å². The van der Waals surface area contributed by atoms with E-state index in [0.717, 1.165) is 25.0 Å². The first kappa shape index (κ1) is 18.5. The first-order chi connectivity index (χ1) is 8.04. The summed E-state index contributed by atoms with van der Waals surface area (Å²) in [6.45, 7) is -3.92. The van der Waals surface area contributed by atoms with Crippen LogP contribution in [0.1, 0.15) is 12.8 Å². The summed E-state index contributed by atoms with van der Waals surface area (Å²) in [5.41, 5.74) is -0.626. The summed E-state index contributed by atoms with van der Waals surface area (Å²) in [6, 6.07) is 4.98. The maximum Gasteiger partial charge on any atom is 1.00 e. The van der Waals surface area contributed by atoms with Crippen LogP contribution in [0.25, 0.3) is 0 Å². The predicted molar refractivity (Wildman–Crippen MR) is 61.8 cm³/mol. The molecule has 0 aliphatic heterocycles. The van der Waals surface area contributed by atoms with E-state index >= 15 is 0 Å². The summed E-state index contributed by atoms with van der Waals surface area (Å²) < 4.78 is 47.4. The summed E-state index contributed by atoms with van der Waals surface area (Å²) in [4.78, 5) is 0. The molecule has 1 rings (SSSR count). The van der Waals surface area contributed by atoms with Gasteiger partial charge in [-0.3, -0.25) is 0 Å². The summed E-state index contributed by atoms with van der Waals surface area (Å²) in [5, 5.41) is 0. The molecule has 0 saturated heterocycles. The van der Waals surface area contributed by atoms with Crippen molar-refractivity contribution in [1.29, 1.82) is 0 Å². The molecular weight excluding hydrogens is 271 g/mol. The minimum Gasteiger partial charge on any atom is -0.494 e. The van der Waals surface area contributed by atoms with E-state index in [1.165, 1.54) is 12.1 Å². The standard InChI is InChI=1S/C11H15BF3O2.K/c1-16-7-2-3-8-17-11-6-4-5-10(9-11)12(13,14)15;/h4-6,9H,2-3,7-8H2,1H3;/q-1;+1. The van der Waals surface area contributed by atoms with Crippen molar-refractivity contribution in [2.75, 3.05) is 20.3 Å². The van der Waals surface area contributed by atoms with E-state index in [4.69, 9.17) is 9.47 Å². The van der Waals surface area contributed by atoms with Crippen LogP contribution >= 0.6 is 0 Å². The topological polar surface area (TPSA) is 18.5 Å². The molecule has 0 bridgehead atoms. The Bertz CT molecular complexity index is 347. The van der Waals surface area contributed by atoms with E-state index in [9.17, 15) is 12.9 Å². The Balaban J connectivity index is 0.00000289. The van der Waals surface area contributed by atoms with E-state index in [1.54, 1.807) is 7.11 Å². The van der Waals surface area contributed by atoms with Crippen molar-refractivity contribution in [2.45, 2.75) is 12.8 Å².